The lowest BCUT2D eigenvalue weighted by atomic mass is 10.1. The van der Waals surface area contributed by atoms with Crippen LogP contribution >= 0.6 is 0 Å². The first-order valence-electron chi connectivity index (χ1n) is 10.9. The molecule has 0 spiro atoms. The number of rotatable bonds is 3. The number of fused-ring (bicyclic) bond motifs is 9. The van der Waals surface area contributed by atoms with E-state index in [-0.39, 0.29) is 0 Å². The zero-order valence-electron chi connectivity index (χ0n) is 18.8. The minimum Gasteiger partial charge on any atom is -0.495 e. The van der Waals surface area contributed by atoms with Crippen LogP contribution in [-0.2, 0) is 0 Å². The standard InChI is InChI=1S/C26H17N7O2/c1-34-16-7-3-5-14-15-6-4-8-17(35-2)26(15)33(25(14)16)18-13-31-23-21-19(27-9-10-29-21)20-22(24(23)32-18)30-12-11-28-20/h3-13H,1-2H3. The second-order valence-electron chi connectivity index (χ2n) is 7.98. The summed E-state index contributed by atoms with van der Waals surface area (Å²) in [5.41, 5.74) is 5.48. The molecule has 0 saturated carbocycles. The largest absolute Gasteiger partial charge is 0.495 e. The van der Waals surface area contributed by atoms with Gasteiger partial charge in [0.15, 0.2) is 5.82 Å². The van der Waals surface area contributed by atoms with Gasteiger partial charge in [-0.1, -0.05) is 24.3 Å². The van der Waals surface area contributed by atoms with E-state index in [1.807, 2.05) is 28.8 Å². The SMILES string of the molecule is COc1cccc2c3cccc(OC)c3n(-c3cnc4c5nccnc5c5nccnc5c4n3)c12. The van der Waals surface area contributed by atoms with Gasteiger partial charge in [-0.25, -0.2) is 9.97 Å². The first-order chi connectivity index (χ1) is 17.3. The highest BCUT2D eigenvalue weighted by molar-refractivity contribution is 6.18. The van der Waals surface area contributed by atoms with Crippen molar-refractivity contribution in [3.05, 3.63) is 67.4 Å². The number of nitrogens with zero attached hydrogens (tertiary/aromatic N) is 7. The van der Waals surface area contributed by atoms with Crippen LogP contribution in [0.2, 0.25) is 0 Å². The van der Waals surface area contributed by atoms with Crippen LogP contribution in [0.3, 0.4) is 0 Å². The van der Waals surface area contributed by atoms with E-state index in [0.29, 0.717) is 38.9 Å². The van der Waals surface area contributed by atoms with Crippen molar-refractivity contribution in [1.29, 1.82) is 0 Å². The van der Waals surface area contributed by atoms with Crippen molar-refractivity contribution in [1.82, 2.24) is 34.5 Å². The molecule has 0 N–H and O–H groups in total. The molecule has 0 aliphatic heterocycles. The lowest BCUT2D eigenvalue weighted by Gasteiger charge is -2.12. The van der Waals surface area contributed by atoms with Crippen LogP contribution in [0.4, 0.5) is 0 Å². The Hall–Kier alpha value is -4.92. The number of hydrogen-bond donors (Lipinski definition) is 0. The summed E-state index contributed by atoms with van der Waals surface area (Å²) in [7, 11) is 3.32. The average molecular weight is 459 g/mol. The molecule has 0 fully saturated rings. The summed E-state index contributed by atoms with van der Waals surface area (Å²) in [6.45, 7) is 0. The molecule has 0 saturated heterocycles. The maximum atomic E-state index is 5.76. The number of para-hydroxylation sites is 2. The third-order valence-corrected chi connectivity index (χ3v) is 6.23. The molecule has 0 unspecified atom stereocenters. The fourth-order valence-electron chi connectivity index (χ4n) is 4.81. The molecule has 7 aromatic rings. The Morgan fingerprint density at radius 2 is 1.03 bits per heavy atom. The molecular formula is C26H17N7O2. The Labute approximate surface area is 198 Å². The highest BCUT2D eigenvalue weighted by Gasteiger charge is 2.21. The quantitative estimate of drug-likeness (QED) is 0.353. The summed E-state index contributed by atoms with van der Waals surface area (Å²) < 4.78 is 13.5. The summed E-state index contributed by atoms with van der Waals surface area (Å²) in [4.78, 5) is 28.0. The van der Waals surface area contributed by atoms with Gasteiger partial charge in [-0.2, -0.15) is 0 Å². The highest BCUT2D eigenvalue weighted by Crippen LogP contribution is 2.40. The summed E-state index contributed by atoms with van der Waals surface area (Å²) in [5.74, 6) is 2.04. The molecule has 0 bridgehead atoms. The molecule has 9 nitrogen and oxygen atoms in total. The van der Waals surface area contributed by atoms with Crippen LogP contribution in [0.5, 0.6) is 11.5 Å². The number of ether oxygens (including phenoxy) is 2. The van der Waals surface area contributed by atoms with Crippen molar-refractivity contribution in [3.8, 4) is 17.3 Å². The number of aromatic nitrogens is 7. The fraction of sp³-hybridized carbons (Fsp3) is 0.0769. The smallest absolute Gasteiger partial charge is 0.157 e. The lowest BCUT2D eigenvalue weighted by Crippen LogP contribution is -2.03. The minimum absolute atomic E-state index is 0.596. The molecule has 3 aromatic carbocycles. The van der Waals surface area contributed by atoms with Gasteiger partial charge < -0.3 is 9.47 Å². The molecule has 7 rings (SSSR count). The van der Waals surface area contributed by atoms with Crippen molar-refractivity contribution in [2.75, 3.05) is 14.2 Å². The zero-order chi connectivity index (χ0) is 23.5. The molecule has 0 aliphatic carbocycles. The van der Waals surface area contributed by atoms with Gasteiger partial charge in [0.05, 0.1) is 31.4 Å². The van der Waals surface area contributed by atoms with Crippen molar-refractivity contribution in [2.24, 2.45) is 0 Å². The maximum Gasteiger partial charge on any atom is 0.157 e. The molecule has 0 aliphatic rings. The normalized spacial score (nSPS) is 11.7. The maximum absolute atomic E-state index is 5.76. The van der Waals surface area contributed by atoms with Crippen LogP contribution in [0.25, 0.3) is 60.7 Å². The Balaban J connectivity index is 1.68. The van der Waals surface area contributed by atoms with Gasteiger partial charge in [0.1, 0.15) is 44.6 Å². The second-order valence-corrected chi connectivity index (χ2v) is 7.98. The van der Waals surface area contributed by atoms with E-state index in [9.17, 15) is 0 Å². The topological polar surface area (TPSA) is 101 Å². The molecule has 4 aromatic heterocycles. The Kier molecular flexibility index (Phi) is 4.07. The molecule has 0 amide bonds. The van der Waals surface area contributed by atoms with Gasteiger partial charge in [-0.3, -0.25) is 24.5 Å². The lowest BCUT2D eigenvalue weighted by molar-refractivity contribution is 0.416. The van der Waals surface area contributed by atoms with Crippen LogP contribution in [0, 0.1) is 0 Å². The Bertz CT molecular complexity index is 1850. The van der Waals surface area contributed by atoms with E-state index in [1.165, 1.54) is 0 Å². The second kappa shape index (κ2) is 7.29. The van der Waals surface area contributed by atoms with Crippen molar-refractivity contribution in [2.45, 2.75) is 0 Å². The summed E-state index contributed by atoms with van der Waals surface area (Å²) in [6.07, 6.45) is 8.30. The van der Waals surface area contributed by atoms with Crippen LogP contribution in [-0.4, -0.2) is 48.7 Å². The van der Waals surface area contributed by atoms with Crippen LogP contribution < -0.4 is 9.47 Å². The Morgan fingerprint density at radius 1 is 0.571 bits per heavy atom. The van der Waals surface area contributed by atoms with Gasteiger partial charge in [0.2, 0.25) is 0 Å². The molecule has 35 heavy (non-hydrogen) atoms. The predicted molar refractivity (Wildman–Crippen MR) is 133 cm³/mol. The van der Waals surface area contributed by atoms with Crippen molar-refractivity contribution >= 4 is 54.9 Å². The van der Waals surface area contributed by atoms with E-state index >= 15 is 0 Å². The summed E-state index contributed by atoms with van der Waals surface area (Å²) in [5, 5.41) is 2.04. The number of methoxy groups -OCH3 is 2. The minimum atomic E-state index is 0.596. The van der Waals surface area contributed by atoms with Crippen molar-refractivity contribution in [3.63, 3.8) is 0 Å². The fourth-order valence-corrected chi connectivity index (χ4v) is 4.81. The average Bonchev–Trinajstić information content (AvgIpc) is 3.28. The van der Waals surface area contributed by atoms with Gasteiger partial charge in [0, 0.05) is 35.6 Å². The van der Waals surface area contributed by atoms with E-state index in [4.69, 9.17) is 19.4 Å². The van der Waals surface area contributed by atoms with Crippen LogP contribution in [0.1, 0.15) is 0 Å². The highest BCUT2D eigenvalue weighted by atomic mass is 16.5. The Morgan fingerprint density at radius 3 is 1.51 bits per heavy atom. The summed E-state index contributed by atoms with van der Waals surface area (Å²) in [6, 6.07) is 11.9. The van der Waals surface area contributed by atoms with E-state index in [2.05, 4.69) is 32.1 Å². The summed E-state index contributed by atoms with van der Waals surface area (Å²) >= 11 is 0. The third-order valence-electron chi connectivity index (χ3n) is 6.23. The van der Waals surface area contributed by atoms with E-state index in [1.54, 1.807) is 45.2 Å². The number of benzene rings is 3. The van der Waals surface area contributed by atoms with Crippen LogP contribution in [0.15, 0.2) is 67.4 Å². The first kappa shape index (κ1) is 19.5. The van der Waals surface area contributed by atoms with E-state index in [0.717, 1.165) is 33.3 Å². The van der Waals surface area contributed by atoms with Gasteiger partial charge in [0.25, 0.3) is 0 Å². The van der Waals surface area contributed by atoms with Crippen molar-refractivity contribution < 1.29 is 9.47 Å². The monoisotopic (exact) mass is 459 g/mol. The first-order valence-corrected chi connectivity index (χ1v) is 10.9. The zero-order valence-corrected chi connectivity index (χ0v) is 18.8. The van der Waals surface area contributed by atoms with E-state index < -0.39 is 0 Å². The molecule has 0 radical (unpaired) electrons. The van der Waals surface area contributed by atoms with Gasteiger partial charge in [-0.05, 0) is 12.1 Å². The third kappa shape index (κ3) is 2.63. The van der Waals surface area contributed by atoms with Gasteiger partial charge in [-0.15, -0.1) is 0 Å². The molecule has 4 heterocycles. The molecule has 9 heteroatoms. The molecule has 0 atom stereocenters. The molecular weight excluding hydrogens is 442 g/mol. The van der Waals surface area contributed by atoms with Gasteiger partial charge >= 0.3 is 0 Å². The molecule has 168 valence electrons. The predicted octanol–water partition coefficient (Wildman–Crippen LogP) is 4.63. The number of hydrogen-bond acceptors (Lipinski definition) is 8.